The highest BCUT2D eigenvalue weighted by atomic mass is 32.1. The molecule has 0 saturated carbocycles. The maximum absolute atomic E-state index is 12.4. The molecule has 1 atom stereocenters. The largest absolute Gasteiger partial charge is 0.486 e. The van der Waals surface area contributed by atoms with Gasteiger partial charge in [0.1, 0.15) is 12.4 Å². The van der Waals surface area contributed by atoms with Crippen molar-refractivity contribution in [3.8, 4) is 5.75 Å². The van der Waals surface area contributed by atoms with Gasteiger partial charge < -0.3 is 15.4 Å². The predicted molar refractivity (Wildman–Crippen MR) is 117 cm³/mol. The summed E-state index contributed by atoms with van der Waals surface area (Å²) in [5.74, 6) is 0.254. The van der Waals surface area contributed by atoms with Gasteiger partial charge in [-0.25, -0.2) is 0 Å². The third-order valence-corrected chi connectivity index (χ3v) is 5.30. The number of carbonyl (C=O) groups excluding carboxylic acids is 2. The first-order valence-electron chi connectivity index (χ1n) is 9.68. The van der Waals surface area contributed by atoms with E-state index in [9.17, 15) is 9.59 Å². The summed E-state index contributed by atoms with van der Waals surface area (Å²) in [5, 5.41) is 14.5. The number of benzene rings is 2. The van der Waals surface area contributed by atoms with E-state index < -0.39 is 0 Å². The Balaban J connectivity index is 1.55. The second kappa shape index (κ2) is 9.98. The van der Waals surface area contributed by atoms with Gasteiger partial charge in [0, 0.05) is 17.3 Å². The molecule has 0 bridgehead atoms. The fourth-order valence-corrected chi connectivity index (χ4v) is 3.20. The maximum atomic E-state index is 12.4. The van der Waals surface area contributed by atoms with Crippen LogP contribution in [0.1, 0.15) is 51.0 Å². The Labute approximate surface area is 179 Å². The first kappa shape index (κ1) is 21.4. The van der Waals surface area contributed by atoms with Gasteiger partial charge in [-0.15, -0.1) is 10.2 Å². The summed E-state index contributed by atoms with van der Waals surface area (Å²) in [7, 11) is 0. The summed E-state index contributed by atoms with van der Waals surface area (Å²) in [6, 6.07) is 14.5. The molecule has 0 radical (unpaired) electrons. The van der Waals surface area contributed by atoms with Crippen LogP contribution in [-0.2, 0) is 6.61 Å². The minimum atomic E-state index is -0.355. The van der Waals surface area contributed by atoms with Gasteiger partial charge in [-0.1, -0.05) is 30.4 Å². The molecule has 3 aromatic rings. The van der Waals surface area contributed by atoms with Gasteiger partial charge in [0.15, 0.2) is 5.01 Å². The Bertz CT molecular complexity index is 1020. The van der Waals surface area contributed by atoms with Crippen LogP contribution in [-0.4, -0.2) is 28.1 Å². The summed E-state index contributed by atoms with van der Waals surface area (Å²) in [6.07, 6.45) is 0.861. The summed E-state index contributed by atoms with van der Waals surface area (Å²) < 4.78 is 5.69. The number of nitrogens with one attached hydrogen (secondary N) is 2. The Kier molecular flexibility index (Phi) is 7.13. The van der Waals surface area contributed by atoms with Gasteiger partial charge in [-0.05, 0) is 62.2 Å². The molecule has 2 aromatic carbocycles. The van der Waals surface area contributed by atoms with E-state index in [1.54, 1.807) is 24.3 Å². The zero-order valence-electron chi connectivity index (χ0n) is 17.1. The summed E-state index contributed by atoms with van der Waals surface area (Å²) in [5.41, 5.74) is 2.22. The van der Waals surface area contributed by atoms with Gasteiger partial charge in [-0.2, -0.15) is 0 Å². The molecule has 8 heteroatoms. The molecule has 2 amide bonds. The van der Waals surface area contributed by atoms with Crippen molar-refractivity contribution in [2.24, 2.45) is 0 Å². The number of hydrogen-bond acceptors (Lipinski definition) is 6. The topological polar surface area (TPSA) is 93.2 Å². The molecule has 30 heavy (non-hydrogen) atoms. The van der Waals surface area contributed by atoms with Gasteiger partial charge >= 0.3 is 0 Å². The van der Waals surface area contributed by atoms with Crippen LogP contribution in [0.3, 0.4) is 0 Å². The van der Waals surface area contributed by atoms with Crippen LogP contribution >= 0.6 is 11.3 Å². The van der Waals surface area contributed by atoms with E-state index >= 15 is 0 Å². The standard InChI is InChI=1S/C22H24N4O3S/c1-4-15(3)23-20(27)16-8-10-17(11-9-16)24-21(28)22-26-25-19(30-22)13-29-18-7-5-6-14(2)12-18/h5-12,15H,4,13H2,1-3H3,(H,23,27)(H,24,28). The van der Waals surface area contributed by atoms with Crippen molar-refractivity contribution in [1.29, 1.82) is 0 Å². The lowest BCUT2D eigenvalue weighted by atomic mass is 10.1. The average molecular weight is 425 g/mol. The molecular weight excluding hydrogens is 400 g/mol. The third-order valence-electron chi connectivity index (χ3n) is 4.41. The quantitative estimate of drug-likeness (QED) is 0.565. The third kappa shape index (κ3) is 5.87. The molecule has 1 heterocycles. The number of anilines is 1. The summed E-state index contributed by atoms with van der Waals surface area (Å²) >= 11 is 1.18. The highest BCUT2D eigenvalue weighted by Gasteiger charge is 2.14. The van der Waals surface area contributed by atoms with Crippen molar-refractivity contribution in [2.75, 3.05) is 5.32 Å². The lowest BCUT2D eigenvalue weighted by molar-refractivity contribution is 0.0938. The average Bonchev–Trinajstić information content (AvgIpc) is 3.22. The van der Waals surface area contributed by atoms with Gasteiger partial charge in [0.2, 0.25) is 5.01 Å². The number of aromatic nitrogens is 2. The van der Waals surface area contributed by atoms with E-state index in [0.29, 0.717) is 16.3 Å². The molecule has 0 fully saturated rings. The van der Waals surface area contributed by atoms with E-state index in [1.165, 1.54) is 11.3 Å². The monoisotopic (exact) mass is 424 g/mol. The fourth-order valence-electron chi connectivity index (χ4n) is 2.55. The lowest BCUT2D eigenvalue weighted by Crippen LogP contribution is -2.31. The minimum Gasteiger partial charge on any atom is -0.486 e. The lowest BCUT2D eigenvalue weighted by Gasteiger charge is -2.11. The van der Waals surface area contributed by atoms with E-state index in [4.69, 9.17) is 4.74 Å². The molecule has 0 aliphatic rings. The highest BCUT2D eigenvalue weighted by molar-refractivity contribution is 7.13. The van der Waals surface area contributed by atoms with E-state index in [2.05, 4.69) is 20.8 Å². The molecule has 0 aliphatic heterocycles. The molecule has 1 aromatic heterocycles. The van der Waals surface area contributed by atoms with Crippen LogP contribution in [0.5, 0.6) is 5.75 Å². The van der Waals surface area contributed by atoms with E-state index in [1.807, 2.05) is 45.0 Å². The SMILES string of the molecule is CCC(C)NC(=O)c1ccc(NC(=O)c2nnc(COc3cccc(C)c3)s2)cc1. The van der Waals surface area contributed by atoms with Crippen LogP contribution < -0.4 is 15.4 Å². The molecule has 2 N–H and O–H groups in total. The molecule has 156 valence electrons. The van der Waals surface area contributed by atoms with Crippen molar-refractivity contribution in [2.45, 2.75) is 39.8 Å². The molecule has 0 spiro atoms. The highest BCUT2D eigenvalue weighted by Crippen LogP contribution is 2.18. The number of nitrogens with zero attached hydrogens (tertiary/aromatic N) is 2. The molecule has 3 rings (SSSR count). The molecule has 7 nitrogen and oxygen atoms in total. The summed E-state index contributed by atoms with van der Waals surface area (Å²) in [4.78, 5) is 24.6. The Morgan fingerprint density at radius 2 is 1.87 bits per heavy atom. The van der Waals surface area contributed by atoms with Crippen molar-refractivity contribution in [3.05, 3.63) is 69.7 Å². The fraction of sp³-hybridized carbons (Fsp3) is 0.273. The van der Waals surface area contributed by atoms with Crippen molar-refractivity contribution >= 4 is 28.8 Å². The van der Waals surface area contributed by atoms with Crippen molar-refractivity contribution in [3.63, 3.8) is 0 Å². The number of rotatable bonds is 8. The van der Waals surface area contributed by atoms with E-state index in [-0.39, 0.29) is 29.5 Å². The Morgan fingerprint density at radius 1 is 1.10 bits per heavy atom. The molecular formula is C22H24N4O3S. The smallest absolute Gasteiger partial charge is 0.286 e. The number of ether oxygens (including phenoxy) is 1. The minimum absolute atomic E-state index is 0.110. The van der Waals surface area contributed by atoms with Crippen LogP contribution in [0.2, 0.25) is 0 Å². The van der Waals surface area contributed by atoms with Gasteiger partial charge in [0.25, 0.3) is 11.8 Å². The number of amides is 2. The van der Waals surface area contributed by atoms with Gasteiger partial charge in [-0.3, -0.25) is 9.59 Å². The van der Waals surface area contributed by atoms with Crippen molar-refractivity contribution in [1.82, 2.24) is 15.5 Å². The molecule has 0 saturated heterocycles. The summed E-state index contributed by atoms with van der Waals surface area (Å²) in [6.45, 7) is 6.20. The van der Waals surface area contributed by atoms with E-state index in [0.717, 1.165) is 17.7 Å². The maximum Gasteiger partial charge on any atom is 0.286 e. The van der Waals surface area contributed by atoms with Crippen LogP contribution in [0, 0.1) is 6.92 Å². The van der Waals surface area contributed by atoms with Crippen LogP contribution in [0.4, 0.5) is 5.69 Å². The Hall–Kier alpha value is -3.26. The zero-order valence-corrected chi connectivity index (χ0v) is 18.0. The number of aryl methyl sites for hydroxylation is 1. The van der Waals surface area contributed by atoms with Crippen LogP contribution in [0.15, 0.2) is 48.5 Å². The normalized spacial score (nSPS) is 11.6. The number of carbonyl (C=O) groups is 2. The first-order valence-corrected chi connectivity index (χ1v) is 10.5. The van der Waals surface area contributed by atoms with Crippen molar-refractivity contribution < 1.29 is 14.3 Å². The first-order chi connectivity index (χ1) is 14.4. The molecule has 1 unspecified atom stereocenters. The Morgan fingerprint density at radius 3 is 2.57 bits per heavy atom. The molecule has 0 aliphatic carbocycles. The van der Waals surface area contributed by atoms with Crippen LogP contribution in [0.25, 0.3) is 0 Å². The second-order valence-electron chi connectivity index (χ2n) is 6.92. The predicted octanol–water partition coefficient (Wildman–Crippen LogP) is 4.21. The number of hydrogen-bond donors (Lipinski definition) is 2. The zero-order chi connectivity index (χ0) is 21.5. The van der Waals surface area contributed by atoms with Gasteiger partial charge in [0.05, 0.1) is 0 Å². The second-order valence-corrected chi connectivity index (χ2v) is 7.98.